The van der Waals surface area contributed by atoms with E-state index >= 15 is 0 Å². The van der Waals surface area contributed by atoms with Crippen molar-refractivity contribution in [2.45, 2.75) is 32.7 Å². The summed E-state index contributed by atoms with van der Waals surface area (Å²) >= 11 is 0. The van der Waals surface area contributed by atoms with Crippen LogP contribution >= 0.6 is 24.0 Å². The first kappa shape index (κ1) is 19.5. The van der Waals surface area contributed by atoms with Crippen molar-refractivity contribution in [3.8, 4) is 0 Å². The van der Waals surface area contributed by atoms with Gasteiger partial charge >= 0.3 is 0 Å². The molecule has 0 amide bonds. The fourth-order valence-electron chi connectivity index (χ4n) is 2.20. The van der Waals surface area contributed by atoms with Gasteiger partial charge in [-0.05, 0) is 24.6 Å². The molecule has 2 rings (SSSR count). The second kappa shape index (κ2) is 9.60. The van der Waals surface area contributed by atoms with Gasteiger partial charge in [-0.3, -0.25) is 0 Å². The van der Waals surface area contributed by atoms with E-state index in [4.69, 9.17) is 4.42 Å². The minimum atomic E-state index is 0. The van der Waals surface area contributed by atoms with Crippen LogP contribution in [0, 0.1) is 0 Å². The second-order valence-corrected chi connectivity index (χ2v) is 5.88. The van der Waals surface area contributed by atoms with E-state index in [1.54, 1.807) is 6.26 Å². The molecule has 0 saturated carbocycles. The summed E-state index contributed by atoms with van der Waals surface area (Å²) in [6.07, 6.45) is 1.67. The Kier molecular flexibility index (Phi) is 8.16. The Hall–Kier alpha value is -1.50. The normalized spacial score (nSPS) is 11.7. The molecule has 2 N–H and O–H groups in total. The minimum Gasteiger partial charge on any atom is -0.467 e. The molecule has 0 unspecified atom stereocenters. The zero-order valence-electron chi connectivity index (χ0n) is 14.0. The van der Waals surface area contributed by atoms with Crippen molar-refractivity contribution in [3.05, 3.63) is 60.1 Å². The Morgan fingerprint density at radius 2 is 1.83 bits per heavy atom. The highest BCUT2D eigenvalue weighted by atomic mass is 127. The molecule has 0 radical (unpaired) electrons. The number of guanidine groups is 1. The molecule has 2 aromatic rings. The lowest BCUT2D eigenvalue weighted by Gasteiger charge is -2.26. The van der Waals surface area contributed by atoms with Crippen LogP contribution in [0.4, 0.5) is 0 Å². The molecule has 23 heavy (non-hydrogen) atoms. The molecule has 1 aromatic heterocycles. The van der Waals surface area contributed by atoms with E-state index < -0.39 is 0 Å². The van der Waals surface area contributed by atoms with Gasteiger partial charge in [0.05, 0.1) is 6.26 Å². The fourth-order valence-corrected chi connectivity index (χ4v) is 2.20. The van der Waals surface area contributed by atoms with Gasteiger partial charge in [0.15, 0.2) is 5.96 Å². The monoisotopic (exact) mass is 427 g/mol. The molecule has 0 bridgehead atoms. The lowest BCUT2D eigenvalue weighted by molar-refractivity contribution is 0.502. The number of hydrogen-bond acceptors (Lipinski definition) is 2. The van der Waals surface area contributed by atoms with Crippen LogP contribution in [0.25, 0.3) is 0 Å². The molecule has 4 nitrogen and oxygen atoms in total. The Labute approximate surface area is 155 Å². The van der Waals surface area contributed by atoms with Crippen LogP contribution in [-0.4, -0.2) is 19.0 Å². The molecular weight excluding hydrogens is 401 g/mol. The van der Waals surface area contributed by atoms with Gasteiger partial charge in [0.2, 0.25) is 0 Å². The third-order valence-electron chi connectivity index (χ3n) is 3.57. The molecule has 0 aliphatic rings. The number of aliphatic imine (C=N–C) groups is 1. The lowest BCUT2D eigenvalue weighted by atomic mass is 9.85. The predicted molar refractivity (Wildman–Crippen MR) is 106 cm³/mol. The quantitative estimate of drug-likeness (QED) is 0.417. The second-order valence-electron chi connectivity index (χ2n) is 5.88. The summed E-state index contributed by atoms with van der Waals surface area (Å²) < 4.78 is 5.31. The number of nitrogens with one attached hydrogen (secondary N) is 2. The summed E-state index contributed by atoms with van der Waals surface area (Å²) in [6, 6.07) is 14.3. The van der Waals surface area contributed by atoms with Crippen LogP contribution < -0.4 is 10.6 Å². The van der Waals surface area contributed by atoms with Crippen molar-refractivity contribution in [3.63, 3.8) is 0 Å². The molecule has 0 aliphatic heterocycles. The average molecular weight is 427 g/mol. The smallest absolute Gasteiger partial charge is 0.191 e. The van der Waals surface area contributed by atoms with E-state index in [0.717, 1.165) is 24.8 Å². The van der Waals surface area contributed by atoms with Gasteiger partial charge in [-0.25, -0.2) is 4.99 Å². The summed E-state index contributed by atoms with van der Waals surface area (Å²) in [7, 11) is 0. The van der Waals surface area contributed by atoms with E-state index in [1.165, 1.54) is 5.56 Å². The molecule has 126 valence electrons. The van der Waals surface area contributed by atoms with Crippen molar-refractivity contribution >= 4 is 29.9 Å². The maximum Gasteiger partial charge on any atom is 0.191 e. The zero-order chi connectivity index (χ0) is 15.8. The highest BCUT2D eigenvalue weighted by Gasteiger charge is 2.20. The van der Waals surface area contributed by atoms with E-state index in [0.29, 0.717) is 6.54 Å². The average Bonchev–Trinajstić information content (AvgIpc) is 3.04. The van der Waals surface area contributed by atoms with Gasteiger partial charge in [0.1, 0.15) is 12.3 Å². The Balaban J connectivity index is 0.00000264. The summed E-state index contributed by atoms with van der Waals surface area (Å²) in [6.45, 7) is 8.69. The molecule has 1 aromatic carbocycles. The van der Waals surface area contributed by atoms with Crippen molar-refractivity contribution in [1.82, 2.24) is 10.6 Å². The summed E-state index contributed by atoms with van der Waals surface area (Å²) in [5.41, 5.74) is 1.34. The van der Waals surface area contributed by atoms with Crippen LogP contribution in [0.1, 0.15) is 32.1 Å². The Morgan fingerprint density at radius 1 is 1.09 bits per heavy atom. The Morgan fingerprint density at radius 3 is 2.43 bits per heavy atom. The van der Waals surface area contributed by atoms with Gasteiger partial charge in [0.25, 0.3) is 0 Å². The van der Waals surface area contributed by atoms with Crippen LogP contribution in [0.15, 0.2) is 58.1 Å². The third kappa shape index (κ3) is 6.25. The van der Waals surface area contributed by atoms with Gasteiger partial charge in [-0.1, -0.05) is 44.2 Å². The fraction of sp³-hybridized carbons (Fsp3) is 0.389. The summed E-state index contributed by atoms with van der Waals surface area (Å²) in [5.74, 6) is 1.67. The number of hydrogen-bond donors (Lipinski definition) is 2. The molecule has 1 heterocycles. The van der Waals surface area contributed by atoms with Crippen LogP contribution in [0.5, 0.6) is 0 Å². The first-order chi connectivity index (χ1) is 10.6. The standard InChI is InChI=1S/C18H25N3O.HI/c1-4-19-17(20-13-16-11-8-12-22-16)21-14-18(2,3)15-9-6-5-7-10-15;/h5-12H,4,13-14H2,1-3H3,(H2,19,20,21);1H. The van der Waals surface area contributed by atoms with Crippen LogP contribution in [0.3, 0.4) is 0 Å². The molecule has 0 atom stereocenters. The third-order valence-corrected chi connectivity index (χ3v) is 3.57. The van der Waals surface area contributed by atoms with Crippen molar-refractivity contribution in [1.29, 1.82) is 0 Å². The number of nitrogens with zero attached hydrogens (tertiary/aromatic N) is 1. The van der Waals surface area contributed by atoms with Crippen molar-refractivity contribution in [2.24, 2.45) is 4.99 Å². The molecular formula is C18H26IN3O. The highest BCUT2D eigenvalue weighted by molar-refractivity contribution is 14.0. The van der Waals surface area contributed by atoms with Crippen LogP contribution in [-0.2, 0) is 12.0 Å². The van der Waals surface area contributed by atoms with Gasteiger partial charge in [-0.2, -0.15) is 0 Å². The topological polar surface area (TPSA) is 49.6 Å². The number of halogens is 1. The lowest BCUT2D eigenvalue weighted by Crippen LogP contribution is -2.43. The molecule has 0 spiro atoms. The molecule has 5 heteroatoms. The van der Waals surface area contributed by atoms with Crippen molar-refractivity contribution in [2.75, 3.05) is 13.1 Å². The first-order valence-electron chi connectivity index (χ1n) is 7.72. The minimum absolute atomic E-state index is 0. The molecule has 0 aliphatic carbocycles. The van der Waals surface area contributed by atoms with Gasteiger partial charge < -0.3 is 15.1 Å². The summed E-state index contributed by atoms with van der Waals surface area (Å²) in [5, 5.41) is 6.69. The van der Waals surface area contributed by atoms with Gasteiger partial charge in [0, 0.05) is 18.5 Å². The number of benzene rings is 1. The first-order valence-corrected chi connectivity index (χ1v) is 7.72. The van der Waals surface area contributed by atoms with Crippen LogP contribution in [0.2, 0.25) is 0 Å². The number of rotatable bonds is 6. The van der Waals surface area contributed by atoms with Gasteiger partial charge in [-0.15, -0.1) is 24.0 Å². The summed E-state index contributed by atoms with van der Waals surface area (Å²) in [4.78, 5) is 4.55. The maximum absolute atomic E-state index is 5.31. The Bertz CT molecular complexity index is 580. The highest BCUT2D eigenvalue weighted by Crippen LogP contribution is 2.21. The van der Waals surface area contributed by atoms with E-state index in [1.807, 2.05) is 18.2 Å². The van der Waals surface area contributed by atoms with Crippen molar-refractivity contribution < 1.29 is 4.42 Å². The predicted octanol–water partition coefficient (Wildman–Crippen LogP) is 3.93. The van der Waals surface area contributed by atoms with E-state index in [-0.39, 0.29) is 29.4 Å². The largest absolute Gasteiger partial charge is 0.467 e. The van der Waals surface area contributed by atoms with E-state index in [2.05, 4.69) is 60.7 Å². The zero-order valence-corrected chi connectivity index (χ0v) is 16.3. The van der Waals surface area contributed by atoms with E-state index in [9.17, 15) is 0 Å². The SMILES string of the molecule is CCNC(=NCc1ccco1)NCC(C)(C)c1ccccc1.I. The molecule has 0 saturated heterocycles. The maximum atomic E-state index is 5.31. The molecule has 0 fully saturated rings. The number of furan rings is 1.